The Morgan fingerprint density at radius 1 is 1.12 bits per heavy atom. The second kappa shape index (κ2) is 8.09. The molecule has 3 aromatic rings. The monoisotopic (exact) mass is 477 g/mol. The van der Waals surface area contributed by atoms with Gasteiger partial charge in [-0.25, -0.2) is 4.39 Å². The maximum Gasteiger partial charge on any atom is 0.314 e. The smallest absolute Gasteiger partial charge is 0.314 e. The van der Waals surface area contributed by atoms with Gasteiger partial charge in [-0.2, -0.15) is 0 Å². The minimum absolute atomic E-state index is 0.148. The third kappa shape index (κ3) is 3.37. The minimum atomic E-state index is -1.31. The zero-order valence-corrected chi connectivity index (χ0v) is 19.1. The summed E-state index contributed by atoms with van der Waals surface area (Å²) in [5.41, 5.74) is -0.105. The van der Waals surface area contributed by atoms with Crippen LogP contribution in [0.25, 0.3) is 10.9 Å². The van der Waals surface area contributed by atoms with Gasteiger partial charge in [0, 0.05) is 22.7 Å². The van der Waals surface area contributed by atoms with Crippen LogP contribution in [0.3, 0.4) is 0 Å². The third-order valence-corrected chi connectivity index (χ3v) is 7.52. The Morgan fingerprint density at radius 2 is 1.78 bits per heavy atom. The maximum atomic E-state index is 14.4. The van der Waals surface area contributed by atoms with Crippen molar-refractivity contribution >= 4 is 46.0 Å². The number of hydrogen-bond donors (Lipinski definition) is 2. The molecule has 168 valence electrons. The summed E-state index contributed by atoms with van der Waals surface area (Å²) in [6.07, 6.45) is 3.33. The lowest BCUT2D eigenvalue weighted by atomic mass is 9.70. The molecule has 1 atom stereocenters. The fourth-order valence-electron chi connectivity index (χ4n) is 5.09. The van der Waals surface area contributed by atoms with Gasteiger partial charge in [0.25, 0.3) is 5.91 Å². The number of fused-ring (bicyclic) bond motifs is 1. The number of rotatable bonds is 4. The SMILES string of the molecule is Cc1c([C@](C)(C(=O)O)C2CCCC2)c2cc(O)c(F)cc2n1C(=O)c1ccc(Cl)c(Cl)c1. The molecule has 1 aliphatic carbocycles. The molecule has 0 aliphatic heterocycles. The van der Waals surface area contributed by atoms with Gasteiger partial charge >= 0.3 is 5.97 Å². The molecule has 2 N–H and O–H groups in total. The Morgan fingerprint density at radius 3 is 2.38 bits per heavy atom. The number of carboxylic acid groups (broad SMARTS) is 1. The van der Waals surface area contributed by atoms with E-state index in [1.54, 1.807) is 13.8 Å². The lowest BCUT2D eigenvalue weighted by Crippen LogP contribution is -2.40. The van der Waals surface area contributed by atoms with Crippen molar-refractivity contribution in [1.82, 2.24) is 4.57 Å². The summed E-state index contributed by atoms with van der Waals surface area (Å²) in [6, 6.07) is 6.69. The summed E-state index contributed by atoms with van der Waals surface area (Å²) in [6.45, 7) is 3.30. The zero-order valence-electron chi connectivity index (χ0n) is 17.6. The molecule has 5 nitrogen and oxygen atoms in total. The van der Waals surface area contributed by atoms with Crippen molar-refractivity contribution < 1.29 is 24.2 Å². The molecule has 1 aromatic heterocycles. The predicted molar refractivity (Wildman–Crippen MR) is 121 cm³/mol. The standard InChI is InChI=1S/C24H22Cl2FNO4/c1-12-21(24(2,23(31)32)14-5-3-4-6-14)15-10-20(29)18(27)11-19(15)28(12)22(30)13-7-8-16(25)17(26)9-13/h7-11,14,29H,3-6H2,1-2H3,(H,31,32)/t24-/m1/s1. The van der Waals surface area contributed by atoms with Crippen molar-refractivity contribution in [3.63, 3.8) is 0 Å². The largest absolute Gasteiger partial charge is 0.505 e. The van der Waals surface area contributed by atoms with Crippen molar-refractivity contribution in [3.05, 3.63) is 63.0 Å². The van der Waals surface area contributed by atoms with Gasteiger partial charge in [-0.3, -0.25) is 14.2 Å². The van der Waals surface area contributed by atoms with E-state index >= 15 is 0 Å². The van der Waals surface area contributed by atoms with E-state index in [2.05, 4.69) is 0 Å². The molecule has 0 saturated heterocycles. The number of halogens is 3. The number of carboxylic acids is 1. The number of phenolic OH excluding ortho intramolecular Hbond substituents is 1. The van der Waals surface area contributed by atoms with Gasteiger partial charge in [0.2, 0.25) is 0 Å². The van der Waals surface area contributed by atoms with E-state index in [1.165, 1.54) is 28.8 Å². The van der Waals surface area contributed by atoms with Crippen LogP contribution in [0.15, 0.2) is 30.3 Å². The van der Waals surface area contributed by atoms with Gasteiger partial charge in [-0.15, -0.1) is 0 Å². The van der Waals surface area contributed by atoms with Crippen molar-refractivity contribution in [2.75, 3.05) is 0 Å². The van der Waals surface area contributed by atoms with Gasteiger partial charge in [0.15, 0.2) is 11.6 Å². The van der Waals surface area contributed by atoms with Crippen molar-refractivity contribution in [1.29, 1.82) is 0 Å². The molecular weight excluding hydrogens is 456 g/mol. The molecule has 0 amide bonds. The van der Waals surface area contributed by atoms with Crippen LogP contribution in [0.2, 0.25) is 10.0 Å². The molecule has 1 fully saturated rings. The van der Waals surface area contributed by atoms with Crippen LogP contribution in [-0.4, -0.2) is 26.7 Å². The molecular formula is C24H22Cl2FNO4. The number of phenols is 1. The second-order valence-electron chi connectivity index (χ2n) is 8.54. The molecule has 0 unspecified atom stereocenters. The molecule has 1 saturated carbocycles. The summed E-state index contributed by atoms with van der Waals surface area (Å²) in [4.78, 5) is 26.1. The fourth-order valence-corrected chi connectivity index (χ4v) is 5.39. The minimum Gasteiger partial charge on any atom is -0.505 e. The average molecular weight is 478 g/mol. The van der Waals surface area contributed by atoms with Gasteiger partial charge in [0.05, 0.1) is 21.0 Å². The van der Waals surface area contributed by atoms with E-state index in [-0.39, 0.29) is 27.0 Å². The van der Waals surface area contributed by atoms with E-state index in [0.717, 1.165) is 31.7 Å². The van der Waals surface area contributed by atoms with Gasteiger partial charge in [-0.1, -0.05) is 36.0 Å². The first kappa shape index (κ1) is 22.6. The van der Waals surface area contributed by atoms with Crippen molar-refractivity contribution in [2.24, 2.45) is 5.92 Å². The maximum absolute atomic E-state index is 14.4. The van der Waals surface area contributed by atoms with Crippen LogP contribution in [0, 0.1) is 18.7 Å². The number of carbonyl (C=O) groups excluding carboxylic acids is 1. The summed E-state index contributed by atoms with van der Waals surface area (Å²) < 4.78 is 15.7. The topological polar surface area (TPSA) is 79.5 Å². The van der Waals surface area contributed by atoms with Crippen LogP contribution in [-0.2, 0) is 10.2 Å². The second-order valence-corrected chi connectivity index (χ2v) is 9.35. The highest BCUT2D eigenvalue weighted by atomic mass is 35.5. The van der Waals surface area contributed by atoms with Crippen LogP contribution < -0.4 is 0 Å². The molecule has 4 rings (SSSR count). The highest BCUT2D eigenvalue weighted by molar-refractivity contribution is 6.42. The predicted octanol–water partition coefficient (Wildman–Crippen LogP) is 6.32. The summed E-state index contributed by atoms with van der Waals surface area (Å²) in [5.74, 6) is -3.16. The first-order valence-electron chi connectivity index (χ1n) is 10.3. The molecule has 1 aliphatic rings. The normalized spacial score (nSPS) is 16.4. The molecule has 0 bridgehead atoms. The molecule has 8 heteroatoms. The lowest BCUT2D eigenvalue weighted by molar-refractivity contribution is -0.145. The Labute approximate surface area is 194 Å². The third-order valence-electron chi connectivity index (χ3n) is 6.78. The van der Waals surface area contributed by atoms with Gasteiger partial charge in [0.1, 0.15) is 0 Å². The Balaban J connectivity index is 2.04. The number of carbonyl (C=O) groups is 2. The Kier molecular flexibility index (Phi) is 5.72. The number of nitrogens with zero attached hydrogens (tertiary/aromatic N) is 1. The number of hydrogen-bond acceptors (Lipinski definition) is 3. The quantitative estimate of drug-likeness (QED) is 0.460. The van der Waals surface area contributed by atoms with Gasteiger partial charge < -0.3 is 10.2 Å². The van der Waals surface area contributed by atoms with Crippen LogP contribution >= 0.6 is 23.2 Å². The van der Waals surface area contributed by atoms with E-state index in [0.29, 0.717) is 16.6 Å². The number of aromatic hydroxyl groups is 1. The summed E-state index contributed by atoms with van der Waals surface area (Å²) in [7, 11) is 0. The van der Waals surface area contributed by atoms with Crippen LogP contribution in [0.5, 0.6) is 5.75 Å². The number of aromatic nitrogens is 1. The zero-order chi connectivity index (χ0) is 23.4. The van der Waals surface area contributed by atoms with E-state index in [1.807, 2.05) is 0 Å². The van der Waals surface area contributed by atoms with Gasteiger partial charge in [-0.05, 0) is 62.4 Å². The summed E-state index contributed by atoms with van der Waals surface area (Å²) >= 11 is 12.1. The van der Waals surface area contributed by atoms with Crippen LogP contribution in [0.4, 0.5) is 4.39 Å². The highest BCUT2D eigenvalue weighted by Crippen LogP contribution is 2.47. The van der Waals surface area contributed by atoms with Crippen molar-refractivity contribution in [3.8, 4) is 5.75 Å². The number of aliphatic carboxylic acids is 1. The molecule has 0 radical (unpaired) electrons. The van der Waals surface area contributed by atoms with E-state index < -0.39 is 28.9 Å². The van der Waals surface area contributed by atoms with E-state index in [9.17, 15) is 24.2 Å². The first-order valence-corrected chi connectivity index (χ1v) is 11.1. The molecule has 1 heterocycles. The average Bonchev–Trinajstić information content (AvgIpc) is 3.36. The fraction of sp³-hybridized carbons (Fsp3) is 0.333. The van der Waals surface area contributed by atoms with Crippen LogP contribution in [0.1, 0.15) is 54.2 Å². The molecule has 32 heavy (non-hydrogen) atoms. The molecule has 0 spiro atoms. The number of benzene rings is 2. The highest BCUT2D eigenvalue weighted by Gasteiger charge is 2.47. The van der Waals surface area contributed by atoms with E-state index in [4.69, 9.17) is 23.2 Å². The van der Waals surface area contributed by atoms with Crippen molar-refractivity contribution in [2.45, 2.75) is 44.9 Å². The lowest BCUT2D eigenvalue weighted by Gasteiger charge is -2.32. The Hall–Kier alpha value is -2.57. The first-order chi connectivity index (χ1) is 15.1. The molecule has 2 aromatic carbocycles. The Bertz CT molecular complexity index is 1260. The summed E-state index contributed by atoms with van der Waals surface area (Å²) in [5, 5.41) is 21.2.